The van der Waals surface area contributed by atoms with Gasteiger partial charge in [0.05, 0.1) is 17.0 Å². The first-order valence-electron chi connectivity index (χ1n) is 6.30. The highest BCUT2D eigenvalue weighted by molar-refractivity contribution is 5.95. The molecule has 3 nitrogen and oxygen atoms in total. The lowest BCUT2D eigenvalue weighted by atomic mass is 9.85. The number of aromatic carboxylic acids is 1. The zero-order valence-electron chi connectivity index (χ0n) is 11.4. The van der Waals surface area contributed by atoms with Crippen molar-refractivity contribution in [3.05, 3.63) is 59.7 Å². The normalized spacial score (nSPS) is 10.8. The zero-order valence-corrected chi connectivity index (χ0v) is 11.4. The van der Waals surface area contributed by atoms with Crippen molar-refractivity contribution in [2.45, 2.75) is 19.3 Å². The standard InChI is InChI=1S/C17H15NO2/c1-17(2,11-18)13-9-7-12(8-10-13)14-5-3-4-6-15(14)16(19)20/h3-10H,1-2H3,(H,19,20). The summed E-state index contributed by atoms with van der Waals surface area (Å²) in [6.07, 6.45) is 0. The summed E-state index contributed by atoms with van der Waals surface area (Å²) in [6, 6.07) is 16.6. The first kappa shape index (κ1) is 13.8. The van der Waals surface area contributed by atoms with Gasteiger partial charge in [-0.3, -0.25) is 0 Å². The van der Waals surface area contributed by atoms with Gasteiger partial charge in [-0.25, -0.2) is 4.79 Å². The molecule has 1 N–H and O–H groups in total. The summed E-state index contributed by atoms with van der Waals surface area (Å²) >= 11 is 0. The Hall–Kier alpha value is -2.60. The lowest BCUT2D eigenvalue weighted by molar-refractivity contribution is 0.0697. The third kappa shape index (κ3) is 2.55. The van der Waals surface area contributed by atoms with Crippen LogP contribution in [0.15, 0.2) is 48.5 Å². The first-order valence-corrected chi connectivity index (χ1v) is 6.30. The second-order valence-corrected chi connectivity index (χ2v) is 5.16. The van der Waals surface area contributed by atoms with Crippen LogP contribution in [0.25, 0.3) is 11.1 Å². The van der Waals surface area contributed by atoms with Gasteiger partial charge in [0.15, 0.2) is 0 Å². The minimum Gasteiger partial charge on any atom is -0.478 e. The predicted octanol–water partition coefficient (Wildman–Crippen LogP) is 3.85. The molecule has 0 amide bonds. The largest absolute Gasteiger partial charge is 0.478 e. The van der Waals surface area contributed by atoms with Crippen molar-refractivity contribution in [2.75, 3.05) is 0 Å². The van der Waals surface area contributed by atoms with Gasteiger partial charge < -0.3 is 5.11 Å². The Labute approximate surface area is 118 Å². The molecule has 0 atom stereocenters. The number of carboxylic acid groups (broad SMARTS) is 1. The second kappa shape index (κ2) is 5.18. The van der Waals surface area contributed by atoms with E-state index >= 15 is 0 Å². The van der Waals surface area contributed by atoms with Crippen LogP contribution >= 0.6 is 0 Å². The molecule has 0 aliphatic rings. The van der Waals surface area contributed by atoms with Gasteiger partial charge in [0.2, 0.25) is 0 Å². The van der Waals surface area contributed by atoms with E-state index in [1.54, 1.807) is 18.2 Å². The molecule has 0 saturated carbocycles. The van der Waals surface area contributed by atoms with Gasteiger partial charge in [-0.1, -0.05) is 42.5 Å². The summed E-state index contributed by atoms with van der Waals surface area (Å²) in [6.45, 7) is 3.71. The van der Waals surface area contributed by atoms with E-state index in [0.29, 0.717) is 5.56 Å². The van der Waals surface area contributed by atoms with Crippen molar-refractivity contribution in [3.8, 4) is 17.2 Å². The van der Waals surface area contributed by atoms with Crippen LogP contribution < -0.4 is 0 Å². The van der Waals surface area contributed by atoms with Gasteiger partial charge in [0, 0.05) is 0 Å². The van der Waals surface area contributed by atoms with Crippen LogP contribution in [-0.2, 0) is 5.41 Å². The smallest absolute Gasteiger partial charge is 0.336 e. The summed E-state index contributed by atoms with van der Waals surface area (Å²) in [5, 5.41) is 18.3. The number of nitrogens with zero attached hydrogens (tertiary/aromatic N) is 1. The van der Waals surface area contributed by atoms with Crippen molar-refractivity contribution in [3.63, 3.8) is 0 Å². The minimum atomic E-state index is -0.943. The van der Waals surface area contributed by atoms with Crippen LogP contribution in [0.2, 0.25) is 0 Å². The molecule has 2 aromatic carbocycles. The highest BCUT2D eigenvalue weighted by Gasteiger charge is 2.19. The molecule has 0 aliphatic carbocycles. The Morgan fingerprint density at radius 3 is 2.25 bits per heavy atom. The lowest BCUT2D eigenvalue weighted by Crippen LogP contribution is -2.13. The molecule has 20 heavy (non-hydrogen) atoms. The van der Waals surface area contributed by atoms with E-state index in [4.69, 9.17) is 5.26 Å². The van der Waals surface area contributed by atoms with Crippen molar-refractivity contribution in [1.29, 1.82) is 5.26 Å². The molecular weight excluding hydrogens is 250 g/mol. The van der Waals surface area contributed by atoms with Crippen molar-refractivity contribution >= 4 is 5.97 Å². The van der Waals surface area contributed by atoms with Gasteiger partial charge in [-0.05, 0) is 36.6 Å². The fourth-order valence-corrected chi connectivity index (χ4v) is 2.05. The average Bonchev–Trinajstić information content (AvgIpc) is 2.47. The molecule has 0 unspecified atom stereocenters. The molecule has 3 heteroatoms. The fraction of sp³-hybridized carbons (Fsp3) is 0.176. The number of benzene rings is 2. The van der Waals surface area contributed by atoms with Crippen LogP contribution in [0.1, 0.15) is 29.8 Å². The second-order valence-electron chi connectivity index (χ2n) is 5.16. The highest BCUT2D eigenvalue weighted by atomic mass is 16.4. The van der Waals surface area contributed by atoms with Gasteiger partial charge in [0.25, 0.3) is 0 Å². The van der Waals surface area contributed by atoms with Crippen molar-refractivity contribution in [2.24, 2.45) is 0 Å². The third-order valence-corrected chi connectivity index (χ3v) is 3.35. The van der Waals surface area contributed by atoms with E-state index in [1.165, 1.54) is 0 Å². The van der Waals surface area contributed by atoms with Crippen LogP contribution in [0, 0.1) is 11.3 Å². The Kier molecular flexibility index (Phi) is 3.58. The zero-order chi connectivity index (χ0) is 14.8. The molecule has 2 rings (SSSR count). The Bertz CT molecular complexity index is 679. The number of nitriles is 1. The Balaban J connectivity index is 2.47. The minimum absolute atomic E-state index is 0.278. The number of hydrogen-bond donors (Lipinski definition) is 1. The van der Waals surface area contributed by atoms with E-state index in [0.717, 1.165) is 11.1 Å². The molecule has 0 aromatic heterocycles. The summed E-state index contributed by atoms with van der Waals surface area (Å²) in [5.41, 5.74) is 2.16. The number of carbonyl (C=O) groups is 1. The number of hydrogen-bond acceptors (Lipinski definition) is 2. The predicted molar refractivity (Wildman–Crippen MR) is 77.5 cm³/mol. The molecule has 0 spiro atoms. The van der Waals surface area contributed by atoms with Crippen LogP contribution in [0.3, 0.4) is 0 Å². The topological polar surface area (TPSA) is 61.1 Å². The highest BCUT2D eigenvalue weighted by Crippen LogP contribution is 2.28. The lowest BCUT2D eigenvalue weighted by Gasteiger charge is -2.16. The summed E-state index contributed by atoms with van der Waals surface area (Å²) in [7, 11) is 0. The summed E-state index contributed by atoms with van der Waals surface area (Å²) in [5.74, 6) is -0.943. The van der Waals surface area contributed by atoms with Crippen LogP contribution in [-0.4, -0.2) is 11.1 Å². The molecule has 0 heterocycles. The summed E-state index contributed by atoms with van der Waals surface area (Å²) < 4.78 is 0. The maximum atomic E-state index is 11.2. The van der Waals surface area contributed by atoms with Crippen LogP contribution in [0.4, 0.5) is 0 Å². The first-order chi connectivity index (χ1) is 9.45. The van der Waals surface area contributed by atoms with Gasteiger partial charge in [0.1, 0.15) is 0 Å². The fourth-order valence-electron chi connectivity index (χ4n) is 2.05. The van der Waals surface area contributed by atoms with E-state index in [2.05, 4.69) is 6.07 Å². The molecule has 100 valence electrons. The van der Waals surface area contributed by atoms with Crippen molar-refractivity contribution in [1.82, 2.24) is 0 Å². The molecule has 0 radical (unpaired) electrons. The maximum absolute atomic E-state index is 11.2. The van der Waals surface area contributed by atoms with Gasteiger partial charge >= 0.3 is 5.97 Å². The van der Waals surface area contributed by atoms with Gasteiger partial charge in [-0.15, -0.1) is 0 Å². The number of rotatable bonds is 3. The monoisotopic (exact) mass is 265 g/mol. The van der Waals surface area contributed by atoms with E-state index < -0.39 is 11.4 Å². The molecule has 0 aliphatic heterocycles. The SMILES string of the molecule is CC(C)(C#N)c1ccc(-c2ccccc2C(=O)O)cc1. The molecule has 0 bridgehead atoms. The molecule has 0 fully saturated rings. The Morgan fingerprint density at radius 1 is 1.10 bits per heavy atom. The number of carboxylic acids is 1. The molecule has 0 saturated heterocycles. The maximum Gasteiger partial charge on any atom is 0.336 e. The van der Waals surface area contributed by atoms with Crippen molar-refractivity contribution < 1.29 is 9.90 Å². The van der Waals surface area contributed by atoms with Gasteiger partial charge in [-0.2, -0.15) is 5.26 Å². The average molecular weight is 265 g/mol. The van der Waals surface area contributed by atoms with E-state index in [1.807, 2.05) is 44.2 Å². The van der Waals surface area contributed by atoms with E-state index in [-0.39, 0.29) is 5.56 Å². The van der Waals surface area contributed by atoms with E-state index in [9.17, 15) is 9.90 Å². The molecular formula is C17H15NO2. The Morgan fingerprint density at radius 2 is 1.70 bits per heavy atom. The van der Waals surface area contributed by atoms with Crippen LogP contribution in [0.5, 0.6) is 0 Å². The molecule has 2 aromatic rings. The summed E-state index contributed by atoms with van der Waals surface area (Å²) in [4.78, 5) is 11.2. The third-order valence-electron chi connectivity index (χ3n) is 3.35. The quantitative estimate of drug-likeness (QED) is 0.916.